The van der Waals surface area contributed by atoms with Crippen molar-refractivity contribution in [2.75, 3.05) is 5.32 Å². The zero-order valence-electron chi connectivity index (χ0n) is 13.7. The number of carbonyl (C=O) groups excluding carboxylic acids is 1. The lowest BCUT2D eigenvalue weighted by Gasteiger charge is -2.21. The van der Waals surface area contributed by atoms with Crippen molar-refractivity contribution < 1.29 is 9.90 Å². The molecular formula is C18H19ClN2O2S. The molecule has 4 nitrogen and oxygen atoms in total. The van der Waals surface area contributed by atoms with Crippen LogP contribution in [0.15, 0.2) is 42.5 Å². The maximum Gasteiger partial charge on any atom is 0.258 e. The Bertz CT molecular complexity index is 785. The Morgan fingerprint density at radius 1 is 1.17 bits per heavy atom. The third-order valence-corrected chi connectivity index (χ3v) is 3.99. The highest BCUT2D eigenvalue weighted by Gasteiger charge is 2.17. The first-order chi connectivity index (χ1) is 11.2. The molecular weight excluding hydrogens is 344 g/mol. The normalized spacial score (nSPS) is 11.0. The highest BCUT2D eigenvalue weighted by molar-refractivity contribution is 7.80. The van der Waals surface area contributed by atoms with Crippen LogP contribution in [-0.2, 0) is 5.41 Å². The zero-order chi connectivity index (χ0) is 17.9. The molecule has 2 rings (SSSR count). The average molecular weight is 363 g/mol. The summed E-state index contributed by atoms with van der Waals surface area (Å²) < 4.78 is 0. The molecule has 2 aromatic carbocycles. The quantitative estimate of drug-likeness (QED) is 0.545. The maximum atomic E-state index is 12.2. The van der Waals surface area contributed by atoms with Crippen LogP contribution in [0.1, 0.15) is 36.7 Å². The van der Waals surface area contributed by atoms with Crippen molar-refractivity contribution in [1.82, 2.24) is 5.32 Å². The molecule has 126 valence electrons. The van der Waals surface area contributed by atoms with Crippen molar-refractivity contribution in [1.29, 1.82) is 0 Å². The third-order valence-electron chi connectivity index (χ3n) is 3.46. The molecule has 0 aliphatic carbocycles. The summed E-state index contributed by atoms with van der Waals surface area (Å²) in [6.07, 6.45) is 0. The van der Waals surface area contributed by atoms with Crippen molar-refractivity contribution in [3.05, 3.63) is 58.6 Å². The largest absolute Gasteiger partial charge is 0.506 e. The van der Waals surface area contributed by atoms with Crippen molar-refractivity contribution in [2.24, 2.45) is 0 Å². The molecule has 24 heavy (non-hydrogen) atoms. The number of thiocarbonyl (C=S) groups is 1. The second-order valence-electron chi connectivity index (χ2n) is 6.37. The standard InChI is InChI=1S/C18H19ClN2O2S/c1-18(2,3)11-8-9-15(22)14(10-11)20-17(24)21-16(23)12-6-4-5-7-13(12)19/h4-10,22H,1-3H3,(H2,20,21,23,24). The van der Waals surface area contributed by atoms with Gasteiger partial charge < -0.3 is 10.4 Å². The topological polar surface area (TPSA) is 61.4 Å². The SMILES string of the molecule is CC(C)(C)c1ccc(O)c(NC(=S)NC(=O)c2ccccc2Cl)c1. The molecule has 0 aliphatic heterocycles. The fraction of sp³-hybridized carbons (Fsp3) is 0.222. The highest BCUT2D eigenvalue weighted by atomic mass is 35.5. The lowest BCUT2D eigenvalue weighted by molar-refractivity contribution is 0.0978. The van der Waals surface area contributed by atoms with E-state index in [1.54, 1.807) is 30.3 Å². The average Bonchev–Trinajstić information content (AvgIpc) is 2.48. The molecule has 0 aromatic heterocycles. The first kappa shape index (κ1) is 18.2. The molecule has 0 saturated carbocycles. The van der Waals surface area contributed by atoms with Gasteiger partial charge in [0.15, 0.2) is 5.11 Å². The second kappa shape index (κ2) is 7.20. The van der Waals surface area contributed by atoms with Crippen LogP contribution in [0.4, 0.5) is 5.69 Å². The first-order valence-electron chi connectivity index (χ1n) is 7.39. The van der Waals surface area contributed by atoms with Gasteiger partial charge in [0.2, 0.25) is 0 Å². The maximum absolute atomic E-state index is 12.2. The Balaban J connectivity index is 2.13. The fourth-order valence-corrected chi connectivity index (χ4v) is 2.50. The molecule has 1 amide bonds. The van der Waals surface area contributed by atoms with Gasteiger partial charge in [0.25, 0.3) is 5.91 Å². The highest BCUT2D eigenvalue weighted by Crippen LogP contribution is 2.30. The van der Waals surface area contributed by atoms with Crippen LogP contribution in [0.25, 0.3) is 0 Å². The lowest BCUT2D eigenvalue weighted by Crippen LogP contribution is -2.34. The van der Waals surface area contributed by atoms with Gasteiger partial charge in [-0.15, -0.1) is 0 Å². The summed E-state index contributed by atoms with van der Waals surface area (Å²) in [4.78, 5) is 12.2. The van der Waals surface area contributed by atoms with Gasteiger partial charge >= 0.3 is 0 Å². The molecule has 3 N–H and O–H groups in total. The molecule has 0 unspecified atom stereocenters. The minimum absolute atomic E-state index is 0.0531. The molecule has 0 atom stereocenters. The number of hydrogen-bond donors (Lipinski definition) is 3. The number of aromatic hydroxyl groups is 1. The van der Waals surface area contributed by atoms with E-state index in [4.69, 9.17) is 23.8 Å². The van der Waals surface area contributed by atoms with Crippen molar-refractivity contribution in [3.8, 4) is 5.75 Å². The monoisotopic (exact) mass is 362 g/mol. The predicted octanol–water partition coefficient (Wildman–Crippen LogP) is 4.47. The molecule has 0 bridgehead atoms. The van der Waals surface area contributed by atoms with E-state index in [2.05, 4.69) is 31.4 Å². The minimum Gasteiger partial charge on any atom is -0.506 e. The molecule has 0 aliphatic rings. The lowest BCUT2D eigenvalue weighted by atomic mass is 9.87. The van der Waals surface area contributed by atoms with E-state index < -0.39 is 5.91 Å². The Morgan fingerprint density at radius 2 is 1.83 bits per heavy atom. The Labute approximate surface area is 151 Å². The molecule has 2 aromatic rings. The van der Waals surface area contributed by atoms with E-state index in [9.17, 15) is 9.90 Å². The van der Waals surface area contributed by atoms with Crippen LogP contribution in [0.2, 0.25) is 5.02 Å². The van der Waals surface area contributed by atoms with Crippen LogP contribution in [0.5, 0.6) is 5.75 Å². The van der Waals surface area contributed by atoms with Crippen molar-refractivity contribution in [3.63, 3.8) is 0 Å². The fourth-order valence-electron chi connectivity index (χ4n) is 2.07. The van der Waals surface area contributed by atoms with E-state index in [0.717, 1.165) is 5.56 Å². The van der Waals surface area contributed by atoms with Crippen LogP contribution in [0, 0.1) is 0 Å². The number of nitrogens with one attached hydrogen (secondary N) is 2. The van der Waals surface area contributed by atoms with Crippen LogP contribution >= 0.6 is 23.8 Å². The number of carbonyl (C=O) groups is 1. The summed E-state index contributed by atoms with van der Waals surface area (Å²) in [5.74, 6) is -0.359. The summed E-state index contributed by atoms with van der Waals surface area (Å²) in [5, 5.41) is 15.8. The summed E-state index contributed by atoms with van der Waals surface area (Å²) in [6.45, 7) is 6.21. The second-order valence-corrected chi connectivity index (χ2v) is 7.19. The molecule has 6 heteroatoms. The van der Waals surface area contributed by atoms with Gasteiger partial charge in [0.1, 0.15) is 5.75 Å². The Morgan fingerprint density at radius 3 is 2.46 bits per heavy atom. The first-order valence-corrected chi connectivity index (χ1v) is 8.17. The number of benzene rings is 2. The number of amides is 1. The van der Waals surface area contributed by atoms with Gasteiger partial charge in [-0.3, -0.25) is 10.1 Å². The molecule has 0 fully saturated rings. The third kappa shape index (κ3) is 4.46. The number of rotatable bonds is 2. The van der Waals surface area contributed by atoms with Gasteiger partial charge in [0, 0.05) is 0 Å². The number of phenolic OH excluding ortho intramolecular Hbond substituents is 1. The van der Waals surface area contributed by atoms with E-state index >= 15 is 0 Å². The van der Waals surface area contributed by atoms with Crippen LogP contribution < -0.4 is 10.6 Å². The molecule has 0 saturated heterocycles. The summed E-state index contributed by atoms with van der Waals surface area (Å²) in [6, 6.07) is 12.0. The van der Waals surface area contributed by atoms with Gasteiger partial charge in [-0.05, 0) is 47.5 Å². The van der Waals surface area contributed by atoms with Gasteiger partial charge in [-0.25, -0.2) is 0 Å². The van der Waals surface area contributed by atoms with Gasteiger partial charge in [0.05, 0.1) is 16.3 Å². The predicted molar refractivity (Wildman–Crippen MR) is 102 cm³/mol. The number of hydrogen-bond acceptors (Lipinski definition) is 3. The number of anilines is 1. The summed E-state index contributed by atoms with van der Waals surface area (Å²) in [5.41, 5.74) is 1.72. The summed E-state index contributed by atoms with van der Waals surface area (Å²) >= 11 is 11.1. The minimum atomic E-state index is -0.412. The Kier molecular flexibility index (Phi) is 5.47. The van der Waals surface area contributed by atoms with E-state index in [1.807, 2.05) is 12.1 Å². The zero-order valence-corrected chi connectivity index (χ0v) is 15.3. The van der Waals surface area contributed by atoms with Crippen LogP contribution in [-0.4, -0.2) is 16.1 Å². The summed E-state index contributed by atoms with van der Waals surface area (Å²) in [7, 11) is 0. The van der Waals surface area contributed by atoms with Crippen molar-refractivity contribution in [2.45, 2.75) is 26.2 Å². The van der Waals surface area contributed by atoms with Gasteiger partial charge in [-0.2, -0.15) is 0 Å². The molecule has 0 heterocycles. The number of halogens is 1. The van der Waals surface area contributed by atoms with E-state index in [0.29, 0.717) is 16.3 Å². The molecule has 0 radical (unpaired) electrons. The van der Waals surface area contributed by atoms with E-state index in [1.165, 1.54) is 0 Å². The van der Waals surface area contributed by atoms with Gasteiger partial charge in [-0.1, -0.05) is 50.6 Å². The molecule has 0 spiro atoms. The Hall–Kier alpha value is -2.11. The smallest absolute Gasteiger partial charge is 0.258 e. The van der Waals surface area contributed by atoms with Crippen molar-refractivity contribution >= 4 is 40.5 Å². The van der Waals surface area contributed by atoms with Crippen LogP contribution in [0.3, 0.4) is 0 Å². The number of phenols is 1. The van der Waals surface area contributed by atoms with E-state index in [-0.39, 0.29) is 16.3 Å².